The lowest BCUT2D eigenvalue weighted by molar-refractivity contribution is 0.474. The minimum absolute atomic E-state index is 0.312. The monoisotopic (exact) mass is 251 g/mol. The zero-order valence-corrected chi connectivity index (χ0v) is 10.8. The lowest BCUT2D eigenvalue weighted by atomic mass is 10.3. The van der Waals surface area contributed by atoms with Crippen LogP contribution >= 0.6 is 23.1 Å². The topological polar surface area (TPSA) is 23.5 Å². The van der Waals surface area contributed by atoms with Crippen molar-refractivity contribution in [1.82, 2.24) is 0 Å². The van der Waals surface area contributed by atoms with Crippen LogP contribution in [0.1, 0.15) is 0 Å². The van der Waals surface area contributed by atoms with Crippen molar-refractivity contribution in [2.75, 3.05) is 19.0 Å². The molecule has 0 bridgehead atoms. The van der Waals surface area contributed by atoms with Gasteiger partial charge in [0.05, 0.1) is 5.69 Å². The Labute approximate surface area is 104 Å². The molecule has 0 atom stereocenters. The third-order valence-corrected chi connectivity index (χ3v) is 4.05. The molecule has 2 rings (SSSR count). The van der Waals surface area contributed by atoms with E-state index in [4.69, 9.17) is 0 Å². The van der Waals surface area contributed by atoms with Crippen LogP contribution in [0.5, 0.6) is 5.75 Å². The van der Waals surface area contributed by atoms with Gasteiger partial charge in [0, 0.05) is 34.6 Å². The molecule has 84 valence electrons. The van der Waals surface area contributed by atoms with E-state index in [1.54, 1.807) is 35.2 Å². The lowest BCUT2D eigenvalue weighted by Crippen LogP contribution is -2.07. The van der Waals surface area contributed by atoms with Crippen molar-refractivity contribution in [3.63, 3.8) is 0 Å². The molecule has 0 amide bonds. The molecule has 0 radical (unpaired) electrons. The summed E-state index contributed by atoms with van der Waals surface area (Å²) in [5, 5.41) is 13.7. The largest absolute Gasteiger partial charge is 0.508 e. The van der Waals surface area contributed by atoms with Crippen LogP contribution in [0.3, 0.4) is 0 Å². The van der Waals surface area contributed by atoms with Gasteiger partial charge >= 0.3 is 0 Å². The fraction of sp³-hybridized carbons (Fsp3) is 0.167. The molecule has 2 aromatic rings. The normalized spacial score (nSPS) is 10.4. The van der Waals surface area contributed by atoms with Crippen LogP contribution in [0, 0.1) is 0 Å². The first-order chi connectivity index (χ1) is 7.66. The summed E-state index contributed by atoms with van der Waals surface area (Å²) in [6.07, 6.45) is 0. The van der Waals surface area contributed by atoms with Gasteiger partial charge in [0.15, 0.2) is 0 Å². The van der Waals surface area contributed by atoms with Gasteiger partial charge in [0.25, 0.3) is 0 Å². The lowest BCUT2D eigenvalue weighted by Gasteiger charge is -2.12. The maximum absolute atomic E-state index is 9.40. The number of hydrogen-bond acceptors (Lipinski definition) is 4. The Hall–Kier alpha value is -1.13. The summed E-state index contributed by atoms with van der Waals surface area (Å²) in [5.41, 5.74) is 1.22. The Kier molecular flexibility index (Phi) is 3.41. The third-order valence-electron chi connectivity index (χ3n) is 2.13. The Bertz CT molecular complexity index is 479. The second-order valence-corrected chi connectivity index (χ2v) is 5.47. The van der Waals surface area contributed by atoms with Gasteiger partial charge in [-0.2, -0.15) is 0 Å². The highest BCUT2D eigenvalue weighted by molar-refractivity contribution is 7.99. The maximum atomic E-state index is 9.40. The smallest absolute Gasteiger partial charge is 0.116 e. The van der Waals surface area contributed by atoms with E-state index in [0.717, 1.165) is 4.90 Å². The minimum Gasteiger partial charge on any atom is -0.508 e. The Morgan fingerprint density at radius 3 is 2.75 bits per heavy atom. The van der Waals surface area contributed by atoms with E-state index >= 15 is 0 Å². The second-order valence-electron chi connectivity index (χ2n) is 3.62. The molecule has 0 saturated heterocycles. The van der Waals surface area contributed by atoms with E-state index in [1.807, 2.05) is 26.2 Å². The van der Waals surface area contributed by atoms with Crippen LogP contribution in [0.15, 0.2) is 44.8 Å². The van der Waals surface area contributed by atoms with Crippen LogP contribution < -0.4 is 4.90 Å². The molecule has 1 N–H and O–H groups in total. The number of aromatic hydroxyl groups is 1. The average molecular weight is 251 g/mol. The number of hydrogen-bond donors (Lipinski definition) is 1. The highest BCUT2D eigenvalue weighted by Crippen LogP contribution is 2.38. The van der Waals surface area contributed by atoms with Crippen LogP contribution in [0.2, 0.25) is 0 Å². The average Bonchev–Trinajstić information content (AvgIpc) is 2.66. The van der Waals surface area contributed by atoms with E-state index in [0.29, 0.717) is 5.75 Å². The molecule has 16 heavy (non-hydrogen) atoms. The molecule has 0 fully saturated rings. The molecule has 0 saturated carbocycles. The van der Waals surface area contributed by atoms with Crippen molar-refractivity contribution >= 4 is 28.8 Å². The molecule has 2 nitrogen and oxygen atoms in total. The zero-order chi connectivity index (χ0) is 11.5. The fourth-order valence-electron chi connectivity index (χ4n) is 1.35. The molecule has 0 spiro atoms. The summed E-state index contributed by atoms with van der Waals surface area (Å²) in [6, 6.07) is 7.33. The number of nitrogens with zero attached hydrogens (tertiary/aromatic N) is 1. The summed E-state index contributed by atoms with van der Waals surface area (Å²) in [7, 11) is 4.07. The number of rotatable bonds is 3. The van der Waals surface area contributed by atoms with Crippen molar-refractivity contribution in [3.8, 4) is 5.75 Å². The van der Waals surface area contributed by atoms with Crippen molar-refractivity contribution in [3.05, 3.63) is 35.0 Å². The summed E-state index contributed by atoms with van der Waals surface area (Å²) in [5.74, 6) is 0.312. The van der Waals surface area contributed by atoms with E-state index in [2.05, 4.69) is 15.7 Å². The SMILES string of the molecule is CN(C)c1cscc1Sc1cccc(O)c1. The summed E-state index contributed by atoms with van der Waals surface area (Å²) in [4.78, 5) is 4.38. The number of benzene rings is 1. The standard InChI is InChI=1S/C12H13NOS2/c1-13(2)11-7-15-8-12(11)16-10-5-3-4-9(14)6-10/h3-8,14H,1-2H3. The van der Waals surface area contributed by atoms with Gasteiger partial charge in [-0.1, -0.05) is 17.8 Å². The summed E-state index contributed by atoms with van der Waals surface area (Å²) >= 11 is 3.37. The number of phenolic OH excluding ortho intramolecular Hbond substituents is 1. The highest BCUT2D eigenvalue weighted by atomic mass is 32.2. The predicted molar refractivity (Wildman–Crippen MR) is 70.9 cm³/mol. The summed E-state index contributed by atoms with van der Waals surface area (Å²) < 4.78 is 0. The van der Waals surface area contributed by atoms with Crippen LogP contribution in [-0.2, 0) is 0 Å². The van der Waals surface area contributed by atoms with Gasteiger partial charge in [0.2, 0.25) is 0 Å². The Balaban J connectivity index is 2.24. The van der Waals surface area contributed by atoms with Gasteiger partial charge in [-0.15, -0.1) is 11.3 Å². The zero-order valence-electron chi connectivity index (χ0n) is 9.18. The van der Waals surface area contributed by atoms with Crippen molar-refractivity contribution in [1.29, 1.82) is 0 Å². The quantitative estimate of drug-likeness (QED) is 0.900. The molecule has 1 heterocycles. The van der Waals surface area contributed by atoms with Crippen LogP contribution in [0.25, 0.3) is 0 Å². The molecular weight excluding hydrogens is 238 g/mol. The van der Waals surface area contributed by atoms with E-state index < -0.39 is 0 Å². The Morgan fingerprint density at radius 2 is 2.06 bits per heavy atom. The number of thiophene rings is 1. The molecular formula is C12H13NOS2. The van der Waals surface area contributed by atoms with Gasteiger partial charge in [-0.05, 0) is 18.2 Å². The first kappa shape index (κ1) is 11.4. The van der Waals surface area contributed by atoms with E-state index in [9.17, 15) is 5.11 Å². The van der Waals surface area contributed by atoms with Gasteiger partial charge in [-0.25, -0.2) is 0 Å². The molecule has 0 aliphatic carbocycles. The number of anilines is 1. The first-order valence-corrected chi connectivity index (χ1v) is 6.63. The first-order valence-electron chi connectivity index (χ1n) is 4.87. The molecule has 1 aromatic heterocycles. The van der Waals surface area contributed by atoms with E-state index in [1.165, 1.54) is 10.6 Å². The van der Waals surface area contributed by atoms with Crippen LogP contribution in [0.4, 0.5) is 5.69 Å². The third kappa shape index (κ3) is 2.51. The van der Waals surface area contributed by atoms with Crippen molar-refractivity contribution < 1.29 is 5.11 Å². The minimum atomic E-state index is 0.312. The molecule has 0 aliphatic heterocycles. The Morgan fingerprint density at radius 1 is 1.25 bits per heavy atom. The maximum Gasteiger partial charge on any atom is 0.116 e. The highest BCUT2D eigenvalue weighted by Gasteiger charge is 2.07. The van der Waals surface area contributed by atoms with Gasteiger partial charge in [-0.3, -0.25) is 0 Å². The van der Waals surface area contributed by atoms with Crippen molar-refractivity contribution in [2.24, 2.45) is 0 Å². The molecule has 1 aromatic carbocycles. The van der Waals surface area contributed by atoms with E-state index in [-0.39, 0.29) is 0 Å². The second kappa shape index (κ2) is 4.80. The van der Waals surface area contributed by atoms with Gasteiger partial charge < -0.3 is 10.0 Å². The van der Waals surface area contributed by atoms with Gasteiger partial charge in [0.1, 0.15) is 5.75 Å². The van der Waals surface area contributed by atoms with Crippen LogP contribution in [-0.4, -0.2) is 19.2 Å². The predicted octanol–water partition coefficient (Wildman–Crippen LogP) is 3.67. The molecule has 4 heteroatoms. The fourth-order valence-corrected chi connectivity index (χ4v) is 3.49. The number of phenols is 1. The summed E-state index contributed by atoms with van der Waals surface area (Å²) in [6.45, 7) is 0. The molecule has 0 aliphatic rings. The molecule has 0 unspecified atom stereocenters. The van der Waals surface area contributed by atoms with Crippen molar-refractivity contribution in [2.45, 2.75) is 9.79 Å².